The number of hydrogen-bond acceptors (Lipinski definition) is 7. The Morgan fingerprint density at radius 2 is 1.86 bits per heavy atom. The Kier molecular flexibility index (Phi) is 5.69. The Morgan fingerprint density at radius 1 is 1.09 bits per heavy atom. The largest absolute Gasteiger partial charge is 0.497 e. The molecule has 0 spiro atoms. The van der Waals surface area contributed by atoms with E-state index in [0.29, 0.717) is 17.4 Å². The minimum absolute atomic E-state index is 0.143. The highest BCUT2D eigenvalue weighted by Gasteiger charge is 2.23. The van der Waals surface area contributed by atoms with Gasteiger partial charge in [-0.2, -0.15) is 0 Å². The van der Waals surface area contributed by atoms with Crippen LogP contribution < -0.4 is 20.9 Å². The van der Waals surface area contributed by atoms with Crippen LogP contribution in [0.4, 0.5) is 5.13 Å². The summed E-state index contributed by atoms with van der Waals surface area (Å²) in [7, 11) is 4.55. The summed E-state index contributed by atoms with van der Waals surface area (Å²) in [5.41, 5.74) is 1.13. The van der Waals surface area contributed by atoms with E-state index in [4.69, 9.17) is 4.74 Å². The summed E-state index contributed by atoms with van der Waals surface area (Å²) in [6.45, 7) is 0.162. The predicted octanol–water partition coefficient (Wildman–Crippen LogP) is 2.29. The number of carbonyl (C=O) groups excluding carboxylic acids is 1. The number of benzene rings is 2. The van der Waals surface area contributed by atoms with E-state index in [1.165, 1.54) is 33.8 Å². The lowest BCUT2D eigenvalue weighted by atomic mass is 10.2. The summed E-state index contributed by atoms with van der Waals surface area (Å²) >= 11 is 1.39. The van der Waals surface area contributed by atoms with Crippen molar-refractivity contribution >= 4 is 43.8 Å². The summed E-state index contributed by atoms with van der Waals surface area (Å²) in [6.07, 6.45) is 1.41. The Hall–Kier alpha value is -4.25. The van der Waals surface area contributed by atoms with Crippen LogP contribution in [0.1, 0.15) is 5.56 Å². The first kappa shape index (κ1) is 22.5. The minimum Gasteiger partial charge on any atom is -0.497 e. The maximum absolute atomic E-state index is 13.6. The van der Waals surface area contributed by atoms with Crippen LogP contribution in [0.3, 0.4) is 0 Å². The van der Waals surface area contributed by atoms with Gasteiger partial charge in [-0.05, 0) is 23.8 Å². The molecule has 0 saturated carbocycles. The van der Waals surface area contributed by atoms with Crippen LogP contribution in [0.25, 0.3) is 21.4 Å². The van der Waals surface area contributed by atoms with Crippen molar-refractivity contribution in [1.29, 1.82) is 0 Å². The lowest BCUT2D eigenvalue weighted by Gasteiger charge is -2.20. The molecule has 0 bridgehead atoms. The molecule has 0 atom stereocenters. The van der Waals surface area contributed by atoms with E-state index in [2.05, 4.69) is 9.97 Å². The number of anilines is 1. The Balaban J connectivity index is 1.56. The molecule has 0 aliphatic carbocycles. The van der Waals surface area contributed by atoms with Gasteiger partial charge in [0.25, 0.3) is 5.56 Å². The van der Waals surface area contributed by atoms with Gasteiger partial charge in [0.15, 0.2) is 16.3 Å². The molecular formula is C24H22N6O4S. The number of aryl methyl sites for hydroxylation is 1. The van der Waals surface area contributed by atoms with Crippen LogP contribution in [0, 0.1) is 0 Å². The van der Waals surface area contributed by atoms with E-state index < -0.39 is 11.2 Å². The summed E-state index contributed by atoms with van der Waals surface area (Å²) in [4.78, 5) is 49.2. The van der Waals surface area contributed by atoms with Gasteiger partial charge in [-0.15, -0.1) is 0 Å². The molecule has 1 amide bonds. The quantitative estimate of drug-likeness (QED) is 0.362. The smallest absolute Gasteiger partial charge is 0.332 e. The van der Waals surface area contributed by atoms with Gasteiger partial charge in [0, 0.05) is 14.1 Å². The number of fused-ring (bicyclic) bond motifs is 2. The molecule has 3 heterocycles. The van der Waals surface area contributed by atoms with Gasteiger partial charge in [-0.25, -0.2) is 14.8 Å². The second kappa shape index (κ2) is 8.84. The van der Waals surface area contributed by atoms with E-state index in [9.17, 15) is 14.4 Å². The third kappa shape index (κ3) is 3.99. The molecule has 3 aromatic heterocycles. The van der Waals surface area contributed by atoms with Crippen LogP contribution >= 0.6 is 11.3 Å². The van der Waals surface area contributed by atoms with Crippen molar-refractivity contribution in [2.45, 2.75) is 13.1 Å². The number of nitrogens with zero attached hydrogens (tertiary/aromatic N) is 6. The van der Waals surface area contributed by atoms with Crippen molar-refractivity contribution in [2.24, 2.45) is 14.1 Å². The second-order valence-electron chi connectivity index (χ2n) is 8.05. The standard InChI is InChI=1S/C24H22N6O4S/c1-27-21-20(22(32)28(2)24(27)33)29(14-25-21)13-19(31)30(12-15-7-5-4-6-8-15)23-26-17-10-9-16(34-3)11-18(17)35-23/h4-11,14H,12-13H2,1-3H3. The fraction of sp³-hybridized carbons (Fsp3) is 0.208. The molecule has 10 nitrogen and oxygen atoms in total. The number of rotatable bonds is 6. The van der Waals surface area contributed by atoms with E-state index >= 15 is 0 Å². The van der Waals surface area contributed by atoms with Crippen LogP contribution in [-0.4, -0.2) is 36.7 Å². The van der Waals surface area contributed by atoms with Crippen molar-refractivity contribution in [3.8, 4) is 5.75 Å². The first-order chi connectivity index (χ1) is 16.9. The van der Waals surface area contributed by atoms with Gasteiger partial charge < -0.3 is 9.30 Å². The second-order valence-corrected chi connectivity index (χ2v) is 9.06. The Bertz CT molecular complexity index is 1680. The average molecular weight is 491 g/mol. The van der Waals surface area contributed by atoms with Crippen LogP contribution in [0.2, 0.25) is 0 Å². The zero-order chi connectivity index (χ0) is 24.7. The van der Waals surface area contributed by atoms with Crippen LogP contribution in [0.15, 0.2) is 64.4 Å². The first-order valence-electron chi connectivity index (χ1n) is 10.8. The monoisotopic (exact) mass is 490 g/mol. The average Bonchev–Trinajstić information content (AvgIpc) is 3.49. The minimum atomic E-state index is -0.505. The lowest BCUT2D eigenvalue weighted by Crippen LogP contribution is -2.38. The number of ether oxygens (including phenoxy) is 1. The number of methoxy groups -OCH3 is 1. The van der Waals surface area contributed by atoms with Gasteiger partial charge in [0.1, 0.15) is 12.3 Å². The highest BCUT2D eigenvalue weighted by atomic mass is 32.1. The van der Waals surface area contributed by atoms with Crippen molar-refractivity contribution in [2.75, 3.05) is 12.0 Å². The van der Waals surface area contributed by atoms with Gasteiger partial charge in [-0.3, -0.25) is 23.6 Å². The fourth-order valence-electron chi connectivity index (χ4n) is 3.91. The molecule has 0 fully saturated rings. The van der Waals surface area contributed by atoms with Crippen molar-refractivity contribution in [3.63, 3.8) is 0 Å². The molecule has 0 saturated heterocycles. The maximum atomic E-state index is 13.6. The molecule has 0 radical (unpaired) electrons. The van der Waals surface area contributed by atoms with Crippen LogP contribution in [-0.2, 0) is 32.0 Å². The first-order valence-corrected chi connectivity index (χ1v) is 11.6. The molecule has 0 aliphatic heterocycles. The van der Waals surface area contributed by atoms with E-state index in [0.717, 1.165) is 20.3 Å². The fourth-order valence-corrected chi connectivity index (χ4v) is 4.92. The van der Waals surface area contributed by atoms with Crippen molar-refractivity contribution in [3.05, 3.63) is 81.3 Å². The number of hydrogen-bond donors (Lipinski definition) is 0. The number of aromatic nitrogens is 5. The topological polar surface area (TPSA) is 104 Å². The SMILES string of the molecule is COc1ccc2nc(N(Cc3ccccc3)C(=O)Cn3cnc4c3c(=O)n(C)c(=O)n4C)sc2c1. The third-order valence-electron chi connectivity index (χ3n) is 5.82. The number of carbonyl (C=O) groups is 1. The highest BCUT2D eigenvalue weighted by molar-refractivity contribution is 7.22. The number of amides is 1. The van der Waals surface area contributed by atoms with E-state index in [1.54, 1.807) is 19.1 Å². The van der Waals surface area contributed by atoms with Gasteiger partial charge in [-0.1, -0.05) is 41.7 Å². The summed E-state index contributed by atoms with van der Waals surface area (Å²) in [6, 6.07) is 15.2. The molecule has 11 heteroatoms. The zero-order valence-electron chi connectivity index (χ0n) is 19.3. The van der Waals surface area contributed by atoms with Gasteiger partial charge in [0.2, 0.25) is 5.91 Å². The number of imidazole rings is 1. The number of thiazole rings is 1. The Labute approximate surface area is 203 Å². The zero-order valence-corrected chi connectivity index (χ0v) is 20.2. The molecule has 5 aromatic rings. The van der Waals surface area contributed by atoms with Crippen molar-refractivity contribution < 1.29 is 9.53 Å². The summed E-state index contributed by atoms with van der Waals surface area (Å²) in [5, 5.41) is 0.534. The molecule has 35 heavy (non-hydrogen) atoms. The van der Waals surface area contributed by atoms with Crippen LogP contribution in [0.5, 0.6) is 5.75 Å². The van der Waals surface area contributed by atoms with Gasteiger partial charge in [0.05, 0.1) is 30.2 Å². The molecular weight excluding hydrogens is 468 g/mol. The normalized spacial score (nSPS) is 11.3. The van der Waals surface area contributed by atoms with E-state index in [-0.39, 0.29) is 23.6 Å². The molecule has 178 valence electrons. The van der Waals surface area contributed by atoms with Gasteiger partial charge >= 0.3 is 5.69 Å². The van der Waals surface area contributed by atoms with E-state index in [1.807, 2.05) is 48.5 Å². The summed E-state index contributed by atoms with van der Waals surface area (Å²) in [5.74, 6) is 0.440. The third-order valence-corrected chi connectivity index (χ3v) is 6.86. The maximum Gasteiger partial charge on any atom is 0.332 e. The molecule has 0 aliphatic rings. The predicted molar refractivity (Wildman–Crippen MR) is 134 cm³/mol. The molecule has 2 aromatic carbocycles. The molecule has 0 N–H and O–H groups in total. The highest BCUT2D eigenvalue weighted by Crippen LogP contribution is 2.32. The Morgan fingerprint density at radius 3 is 2.60 bits per heavy atom. The molecule has 0 unspecified atom stereocenters. The molecule has 5 rings (SSSR count). The van der Waals surface area contributed by atoms with Crippen molar-refractivity contribution in [1.82, 2.24) is 23.7 Å². The lowest BCUT2D eigenvalue weighted by molar-refractivity contribution is -0.119. The summed E-state index contributed by atoms with van der Waals surface area (Å²) < 4.78 is 9.99.